The predicted octanol–water partition coefficient (Wildman–Crippen LogP) is 1.92. The Labute approximate surface area is 113 Å². The third-order valence-corrected chi connectivity index (χ3v) is 3.49. The highest BCUT2D eigenvalue weighted by molar-refractivity contribution is 5.82. The Balaban J connectivity index is 2.23. The summed E-state index contributed by atoms with van der Waals surface area (Å²) in [6.07, 6.45) is 1.45. The number of pyridine rings is 1. The lowest BCUT2D eigenvalue weighted by Crippen LogP contribution is -2.26. The Hall–Kier alpha value is -1.81. The topological polar surface area (TPSA) is 59.4 Å². The maximum Gasteiger partial charge on any atom is 0.315 e. The van der Waals surface area contributed by atoms with Crippen molar-refractivity contribution in [3.8, 4) is 0 Å². The van der Waals surface area contributed by atoms with Crippen LogP contribution in [0.2, 0.25) is 0 Å². The van der Waals surface area contributed by atoms with Gasteiger partial charge < -0.3 is 9.84 Å². The number of hydrogen-bond acceptors (Lipinski definition) is 4. The van der Waals surface area contributed by atoms with Gasteiger partial charge in [-0.1, -0.05) is 6.07 Å². The molecule has 1 aromatic heterocycles. The van der Waals surface area contributed by atoms with Crippen molar-refractivity contribution in [2.45, 2.75) is 26.4 Å². The molecule has 0 fully saturated rings. The van der Waals surface area contributed by atoms with Gasteiger partial charge in [-0.2, -0.15) is 0 Å². The van der Waals surface area contributed by atoms with E-state index in [-0.39, 0.29) is 6.61 Å². The van der Waals surface area contributed by atoms with Crippen LogP contribution >= 0.6 is 0 Å². The third-order valence-electron chi connectivity index (χ3n) is 3.49. The van der Waals surface area contributed by atoms with Crippen molar-refractivity contribution in [3.05, 3.63) is 42.1 Å². The highest BCUT2D eigenvalue weighted by Gasteiger charge is 2.38. The molecule has 19 heavy (non-hydrogen) atoms. The number of allylic oxidation sites excluding steroid dienone is 1. The van der Waals surface area contributed by atoms with Gasteiger partial charge in [-0.15, -0.1) is 0 Å². The Morgan fingerprint density at radius 2 is 2.26 bits per heavy atom. The van der Waals surface area contributed by atoms with Crippen molar-refractivity contribution in [3.63, 3.8) is 0 Å². The summed E-state index contributed by atoms with van der Waals surface area (Å²) in [6, 6.07) is 3.88. The number of aromatic nitrogens is 1. The molecule has 0 saturated carbocycles. The van der Waals surface area contributed by atoms with E-state index >= 15 is 0 Å². The van der Waals surface area contributed by atoms with Gasteiger partial charge >= 0.3 is 5.97 Å². The number of rotatable bonds is 3. The molecule has 1 aliphatic rings. The monoisotopic (exact) mass is 260 g/mol. The normalized spacial score (nSPS) is 22.7. The van der Waals surface area contributed by atoms with Gasteiger partial charge in [0.15, 0.2) is 0 Å². The van der Waals surface area contributed by atoms with Crippen LogP contribution in [0.3, 0.4) is 0 Å². The number of esters is 1. The molecule has 2 atom stereocenters. The summed E-state index contributed by atoms with van der Waals surface area (Å²) in [5.41, 5.74) is 3.61. The quantitative estimate of drug-likeness (QED) is 0.666. The second-order valence-corrected chi connectivity index (χ2v) is 4.81. The van der Waals surface area contributed by atoms with E-state index in [1.807, 2.05) is 26.0 Å². The van der Waals surface area contributed by atoms with Crippen LogP contribution in [0.5, 0.6) is 0 Å². The summed E-state index contributed by atoms with van der Waals surface area (Å²) in [6.45, 7) is 7.36. The smallest absolute Gasteiger partial charge is 0.315 e. The predicted molar refractivity (Wildman–Crippen MR) is 72.0 cm³/mol. The summed E-state index contributed by atoms with van der Waals surface area (Å²) >= 11 is 0. The number of carbonyl (C=O) groups excluding carboxylic acids is 1. The molecule has 0 unspecified atom stereocenters. The van der Waals surface area contributed by atoms with Gasteiger partial charge in [-0.25, -0.2) is 0 Å². The molecule has 0 aliphatic heterocycles. The SMILES string of the molecule is [CH2+]COC(=O)[C@H]1CC(c2ccc(C)cn2)=C(C)[C@@H]1O. The van der Waals surface area contributed by atoms with Gasteiger partial charge in [0.25, 0.3) is 0 Å². The standard InChI is InChI=1S/C15H18NO3/c1-4-19-15(18)12-7-11(10(3)14(12)17)13-6-5-9(2)8-16-13/h5-6,8,12,14,17H,1,4,7H2,2-3H3/q+1/t12-,14-/m0/s1. The minimum absolute atomic E-state index is 0.0826. The number of aliphatic hydroxyl groups excluding tert-OH is 1. The number of carbonyl (C=O) groups is 1. The van der Waals surface area contributed by atoms with Gasteiger partial charge in [-0.3, -0.25) is 9.78 Å². The summed E-state index contributed by atoms with van der Waals surface area (Å²) in [5.74, 6) is -0.941. The summed E-state index contributed by atoms with van der Waals surface area (Å²) in [7, 11) is 0. The van der Waals surface area contributed by atoms with Crippen molar-refractivity contribution in [2.24, 2.45) is 5.92 Å². The lowest BCUT2D eigenvalue weighted by molar-refractivity contribution is -0.149. The molecule has 0 amide bonds. The first kappa shape index (κ1) is 13.6. The van der Waals surface area contributed by atoms with Crippen molar-refractivity contribution >= 4 is 11.5 Å². The lowest BCUT2D eigenvalue weighted by atomic mass is 10.0. The summed E-state index contributed by atoms with van der Waals surface area (Å²) in [5, 5.41) is 10.1. The first-order valence-electron chi connectivity index (χ1n) is 6.31. The van der Waals surface area contributed by atoms with Crippen LogP contribution in [-0.4, -0.2) is 28.8 Å². The van der Waals surface area contributed by atoms with Crippen LogP contribution in [0.25, 0.3) is 5.57 Å². The highest BCUT2D eigenvalue weighted by Crippen LogP contribution is 2.37. The summed E-state index contributed by atoms with van der Waals surface area (Å²) in [4.78, 5) is 16.1. The molecule has 4 nitrogen and oxygen atoms in total. The number of ether oxygens (including phenoxy) is 1. The van der Waals surface area contributed by atoms with Crippen LogP contribution in [0.15, 0.2) is 23.9 Å². The number of nitrogens with zero attached hydrogens (tertiary/aromatic N) is 1. The number of hydrogen-bond donors (Lipinski definition) is 1. The van der Waals surface area contributed by atoms with Crippen molar-refractivity contribution in [1.82, 2.24) is 4.98 Å². The minimum Gasteiger partial charge on any atom is -0.423 e. The second kappa shape index (κ2) is 5.45. The van der Waals surface area contributed by atoms with Crippen molar-refractivity contribution in [2.75, 3.05) is 6.61 Å². The van der Waals surface area contributed by atoms with Gasteiger partial charge in [0, 0.05) is 6.20 Å². The molecule has 0 bridgehead atoms. The zero-order valence-electron chi connectivity index (χ0n) is 11.2. The number of aryl methyl sites for hydroxylation is 1. The number of aliphatic hydroxyl groups is 1. The highest BCUT2D eigenvalue weighted by atomic mass is 16.5. The van der Waals surface area contributed by atoms with Crippen molar-refractivity contribution in [1.29, 1.82) is 0 Å². The molecule has 0 radical (unpaired) electrons. The van der Waals surface area contributed by atoms with Crippen LogP contribution < -0.4 is 0 Å². The van der Waals surface area contributed by atoms with E-state index in [2.05, 4.69) is 11.9 Å². The van der Waals surface area contributed by atoms with Crippen molar-refractivity contribution < 1.29 is 14.6 Å². The Morgan fingerprint density at radius 3 is 2.84 bits per heavy atom. The molecule has 1 aliphatic carbocycles. The zero-order valence-corrected chi connectivity index (χ0v) is 11.2. The fraction of sp³-hybridized carbons (Fsp3) is 0.400. The molecule has 1 heterocycles. The zero-order chi connectivity index (χ0) is 14.0. The molecule has 1 N–H and O–H groups in total. The third kappa shape index (κ3) is 2.63. The fourth-order valence-electron chi connectivity index (χ4n) is 2.35. The average molecular weight is 260 g/mol. The van der Waals surface area contributed by atoms with Crippen LogP contribution in [0.1, 0.15) is 24.6 Å². The van der Waals surface area contributed by atoms with E-state index < -0.39 is 18.0 Å². The largest absolute Gasteiger partial charge is 0.423 e. The van der Waals surface area contributed by atoms with E-state index in [4.69, 9.17) is 4.74 Å². The Bertz CT molecular complexity index is 505. The first-order valence-corrected chi connectivity index (χ1v) is 6.31. The van der Waals surface area contributed by atoms with Gasteiger partial charge in [0.05, 0.1) is 17.7 Å². The molecule has 2 rings (SSSR count). The maximum atomic E-state index is 11.8. The molecule has 1 aromatic rings. The Kier molecular flexibility index (Phi) is 3.90. The van der Waals surface area contributed by atoms with E-state index in [0.29, 0.717) is 6.42 Å². The fourth-order valence-corrected chi connectivity index (χ4v) is 2.35. The summed E-state index contributed by atoms with van der Waals surface area (Å²) < 4.78 is 4.89. The van der Waals surface area contributed by atoms with Gasteiger partial charge in [-0.05, 0) is 43.0 Å². The van der Waals surface area contributed by atoms with Crippen LogP contribution in [0, 0.1) is 19.8 Å². The molecule has 0 spiro atoms. The van der Waals surface area contributed by atoms with Gasteiger partial charge in [0.2, 0.25) is 6.61 Å². The molecular formula is C15H18NO3+. The molecule has 0 aromatic carbocycles. The van der Waals surface area contributed by atoms with Crippen LogP contribution in [0.4, 0.5) is 0 Å². The van der Waals surface area contributed by atoms with E-state index in [1.165, 1.54) is 0 Å². The van der Waals surface area contributed by atoms with Gasteiger partial charge in [0.1, 0.15) is 6.92 Å². The van der Waals surface area contributed by atoms with E-state index in [9.17, 15) is 9.90 Å². The molecule has 0 saturated heterocycles. The van der Waals surface area contributed by atoms with Crippen LogP contribution in [-0.2, 0) is 9.53 Å². The minimum atomic E-state index is -0.794. The van der Waals surface area contributed by atoms with E-state index in [1.54, 1.807) is 6.20 Å². The lowest BCUT2D eigenvalue weighted by Gasteiger charge is -2.12. The Morgan fingerprint density at radius 1 is 1.53 bits per heavy atom. The maximum absolute atomic E-state index is 11.8. The second-order valence-electron chi connectivity index (χ2n) is 4.81. The first-order chi connectivity index (χ1) is 9.04. The van der Waals surface area contributed by atoms with E-state index in [0.717, 1.165) is 22.4 Å². The molecule has 100 valence electrons. The molecule has 4 heteroatoms. The average Bonchev–Trinajstić information content (AvgIpc) is 2.68. The molecular weight excluding hydrogens is 242 g/mol.